The van der Waals surface area contributed by atoms with Crippen LogP contribution in [0.15, 0.2) is 0 Å². The quantitative estimate of drug-likeness (QED) is 0.488. The number of hydrogen-bond donors (Lipinski definition) is 1. The first kappa shape index (κ1) is 0.971. The molecule has 42 valence electrons. The van der Waals surface area contributed by atoms with Gasteiger partial charge in [-0.2, -0.15) is 0 Å². The molecule has 1 nitrogen and oxygen atoms in total. The van der Waals surface area contributed by atoms with Gasteiger partial charge in [-0.05, 0) is 31.6 Å². The van der Waals surface area contributed by atoms with Crippen molar-refractivity contribution in [3.8, 4) is 0 Å². The van der Waals surface area contributed by atoms with E-state index in [1.54, 1.807) is 5.32 Å². The van der Waals surface area contributed by atoms with Crippen LogP contribution in [0.1, 0.15) is 32.0 Å². The fourth-order valence-electron chi connectivity index (χ4n) is 0.312. The van der Waals surface area contributed by atoms with E-state index in [9.17, 15) is 0 Å². The van der Waals surface area contributed by atoms with Gasteiger partial charge >= 0.3 is 0 Å². The summed E-state index contributed by atoms with van der Waals surface area (Å²) < 4.78 is 67.1. The second-order valence-corrected chi connectivity index (χ2v) is 1.25. The van der Waals surface area contributed by atoms with Gasteiger partial charge in [0, 0.05) is 12.3 Å². The first-order chi connectivity index (χ1) is 6.71. The summed E-state index contributed by atoms with van der Waals surface area (Å²) in [6.07, 6.45) is -5.99. The lowest BCUT2D eigenvalue weighted by atomic mass is 10.0. The molecule has 7 heavy (non-hydrogen) atoms. The highest BCUT2D eigenvalue weighted by Crippen LogP contribution is 2.06. The molecular weight excluding hydrogens is 86.1 g/mol. The summed E-state index contributed by atoms with van der Waals surface area (Å²) in [4.78, 5) is 0. The van der Waals surface area contributed by atoms with E-state index in [0.717, 1.165) is 6.92 Å². The number of rotatable bonds is 0. The summed E-state index contributed by atoms with van der Waals surface area (Å²) in [6.45, 7) is -4.65. The van der Waals surface area contributed by atoms with Crippen molar-refractivity contribution in [2.45, 2.75) is 19.7 Å². The number of nitrogens with one attached hydrogen (secondary N) is 1. The Hall–Kier alpha value is -0.0400. The molecule has 1 heterocycles. The van der Waals surface area contributed by atoms with Gasteiger partial charge in [-0.25, -0.2) is 0 Å². The Balaban J connectivity index is 3.43. The van der Waals surface area contributed by atoms with Crippen molar-refractivity contribution in [1.82, 2.24) is 5.32 Å². The van der Waals surface area contributed by atoms with E-state index in [4.69, 9.17) is 12.3 Å². The van der Waals surface area contributed by atoms with Crippen LogP contribution >= 0.6 is 0 Å². The second-order valence-electron chi connectivity index (χ2n) is 1.25. The molecule has 1 aliphatic rings. The third-order valence-electron chi connectivity index (χ3n) is 0.625. The van der Waals surface area contributed by atoms with Crippen LogP contribution in [0, 0.1) is 5.89 Å². The summed E-state index contributed by atoms with van der Waals surface area (Å²) in [5, 5.41) is 1.73. The summed E-state index contributed by atoms with van der Waals surface area (Å²) >= 11 is 0. The standard InChI is InChI=1S/C6H13N/c1-6-3-2-4-7-5-6/h6-7H,2-5H2,1H3/i2D2,3D2,4D2,5D2,6D. The maximum absolute atomic E-state index is 7.64. The minimum Gasteiger partial charge on any atom is -0.316 e. The highest BCUT2D eigenvalue weighted by molar-refractivity contribution is 4.63. The molecule has 0 aromatic rings. The number of hydrogen-bond acceptors (Lipinski definition) is 1. The zero-order chi connectivity index (χ0) is 13.2. The first-order valence-electron chi connectivity index (χ1n) is 6.50. The molecule has 0 aliphatic carbocycles. The highest BCUT2D eigenvalue weighted by atomic mass is 14.9. The Labute approximate surface area is 57.8 Å². The average Bonchev–Trinajstić information content (AvgIpc) is 1.98. The maximum Gasteiger partial charge on any atom is 0.0431 e. The van der Waals surface area contributed by atoms with Gasteiger partial charge in [0.25, 0.3) is 0 Å². The molecule has 0 amide bonds. The molecule has 1 unspecified atom stereocenters. The molecule has 0 aromatic carbocycles. The molecule has 1 rings (SSSR count). The summed E-state index contributed by atoms with van der Waals surface area (Å²) in [6, 6.07) is 0. The third-order valence-corrected chi connectivity index (χ3v) is 0.625. The molecular formula is C6H13N. The van der Waals surface area contributed by atoms with Crippen molar-refractivity contribution in [2.24, 2.45) is 5.89 Å². The van der Waals surface area contributed by atoms with E-state index in [-0.39, 0.29) is 0 Å². The van der Waals surface area contributed by atoms with Crippen LogP contribution in [0.25, 0.3) is 0 Å². The molecule has 0 spiro atoms. The summed E-state index contributed by atoms with van der Waals surface area (Å²) in [5.74, 6) is -2.45. The number of piperidine rings is 1. The minimum absolute atomic E-state index is 0.910. The normalized spacial score (nSPS) is 91.3. The van der Waals surface area contributed by atoms with Crippen LogP contribution in [0.2, 0.25) is 0 Å². The van der Waals surface area contributed by atoms with Crippen LogP contribution in [0.3, 0.4) is 0 Å². The van der Waals surface area contributed by atoms with Crippen LogP contribution in [-0.4, -0.2) is 13.0 Å². The molecule has 1 heteroatoms. The summed E-state index contributed by atoms with van der Waals surface area (Å²) in [5.41, 5.74) is 0. The van der Waals surface area contributed by atoms with Crippen molar-refractivity contribution in [3.63, 3.8) is 0 Å². The van der Waals surface area contributed by atoms with Crippen molar-refractivity contribution < 1.29 is 12.3 Å². The Morgan fingerprint density at radius 2 is 2.86 bits per heavy atom. The van der Waals surface area contributed by atoms with Crippen molar-refractivity contribution in [2.75, 3.05) is 13.0 Å². The van der Waals surface area contributed by atoms with Gasteiger partial charge in [0.15, 0.2) is 0 Å². The SMILES string of the molecule is [2H]C1([2H])NC([2H])([2H])C([2H])(C)C([2H])([2H])C1([2H])[2H]. The van der Waals surface area contributed by atoms with Gasteiger partial charge in [-0.3, -0.25) is 0 Å². The molecule has 0 aromatic heterocycles. The highest BCUT2D eigenvalue weighted by Gasteiger charge is 2.04. The predicted molar refractivity (Wildman–Crippen MR) is 31.3 cm³/mol. The predicted octanol–water partition coefficient (Wildman–Crippen LogP) is 1.01. The molecule has 1 atom stereocenters. The third kappa shape index (κ3) is 1.48. The Bertz CT molecular complexity index is 279. The molecule has 0 bridgehead atoms. The molecule has 1 aliphatic heterocycles. The van der Waals surface area contributed by atoms with Crippen LogP contribution < -0.4 is 5.32 Å². The zero-order valence-electron chi connectivity index (χ0n) is 13.0. The molecule has 1 N–H and O–H groups in total. The second kappa shape index (κ2) is 2.31. The molecule has 1 fully saturated rings. The topological polar surface area (TPSA) is 12.0 Å². The largest absolute Gasteiger partial charge is 0.316 e. The van der Waals surface area contributed by atoms with Gasteiger partial charge < -0.3 is 5.32 Å². The molecule has 0 radical (unpaired) electrons. The van der Waals surface area contributed by atoms with Crippen molar-refractivity contribution in [1.29, 1.82) is 0 Å². The lowest BCUT2D eigenvalue weighted by Crippen LogP contribution is -2.27. The minimum atomic E-state index is -3.01. The van der Waals surface area contributed by atoms with Gasteiger partial charge in [-0.1, -0.05) is 6.92 Å². The first-order valence-corrected chi connectivity index (χ1v) is 2.00. The average molecular weight is 108 g/mol. The fraction of sp³-hybridized carbons (Fsp3) is 1.00. The van der Waals surface area contributed by atoms with Crippen molar-refractivity contribution >= 4 is 0 Å². The van der Waals surface area contributed by atoms with E-state index in [1.165, 1.54) is 0 Å². The summed E-state index contributed by atoms with van der Waals surface area (Å²) in [7, 11) is 0. The Kier molecular flexibility index (Phi) is 0.321. The van der Waals surface area contributed by atoms with Gasteiger partial charge in [-0.15, -0.1) is 0 Å². The van der Waals surface area contributed by atoms with Crippen LogP contribution in [-0.2, 0) is 0 Å². The van der Waals surface area contributed by atoms with E-state index in [1.807, 2.05) is 0 Å². The molecule has 0 saturated carbocycles. The van der Waals surface area contributed by atoms with E-state index in [0.29, 0.717) is 0 Å². The smallest absolute Gasteiger partial charge is 0.0431 e. The van der Waals surface area contributed by atoms with Gasteiger partial charge in [0.2, 0.25) is 0 Å². The fourth-order valence-corrected chi connectivity index (χ4v) is 0.312. The van der Waals surface area contributed by atoms with E-state index < -0.39 is 31.6 Å². The van der Waals surface area contributed by atoms with Crippen LogP contribution in [0.5, 0.6) is 0 Å². The monoisotopic (exact) mass is 108 g/mol. The van der Waals surface area contributed by atoms with Gasteiger partial charge in [0.05, 0.1) is 0 Å². The van der Waals surface area contributed by atoms with Gasteiger partial charge in [0.1, 0.15) is 0 Å². The Morgan fingerprint density at radius 1 is 2.00 bits per heavy atom. The van der Waals surface area contributed by atoms with E-state index >= 15 is 0 Å². The Morgan fingerprint density at radius 3 is 3.71 bits per heavy atom. The lowest BCUT2D eigenvalue weighted by molar-refractivity contribution is 0.405. The van der Waals surface area contributed by atoms with E-state index in [2.05, 4.69) is 0 Å². The lowest BCUT2D eigenvalue weighted by Gasteiger charge is -2.17. The molecule has 1 saturated heterocycles. The van der Waals surface area contributed by atoms with Crippen molar-refractivity contribution in [3.05, 3.63) is 0 Å². The zero-order valence-corrected chi connectivity index (χ0v) is 4.00. The maximum atomic E-state index is 7.64. The van der Waals surface area contributed by atoms with Crippen LogP contribution in [0.4, 0.5) is 0 Å².